The molecule has 0 amide bonds. The van der Waals surface area contributed by atoms with Crippen molar-refractivity contribution in [2.24, 2.45) is 0 Å². The molecule has 0 saturated heterocycles. The van der Waals surface area contributed by atoms with Crippen LogP contribution in [0.5, 0.6) is 5.75 Å². The molecule has 2 rings (SSSR count). The van der Waals surface area contributed by atoms with Crippen LogP contribution in [-0.2, 0) is 13.0 Å². The second-order valence-electron chi connectivity index (χ2n) is 4.14. The summed E-state index contributed by atoms with van der Waals surface area (Å²) in [5.41, 5.74) is 1.55. The fourth-order valence-electron chi connectivity index (χ4n) is 1.70. The summed E-state index contributed by atoms with van der Waals surface area (Å²) in [4.78, 5) is 0. The smallest absolute Gasteiger partial charge is 0.129 e. The van der Waals surface area contributed by atoms with Gasteiger partial charge in [0.05, 0.1) is 0 Å². The van der Waals surface area contributed by atoms with Crippen LogP contribution in [0.1, 0.15) is 11.1 Å². The zero-order valence-corrected chi connectivity index (χ0v) is 11.9. The molecular formula is C15H14BrFO2. The lowest BCUT2D eigenvalue weighted by Gasteiger charge is -2.08. The number of aliphatic hydroxyl groups excluding tert-OH is 1. The van der Waals surface area contributed by atoms with Gasteiger partial charge in [0.2, 0.25) is 0 Å². The van der Waals surface area contributed by atoms with Crippen molar-refractivity contribution in [2.45, 2.75) is 13.0 Å². The number of hydrogen-bond acceptors (Lipinski definition) is 2. The molecule has 0 fully saturated rings. The lowest BCUT2D eigenvalue weighted by Crippen LogP contribution is -1.99. The van der Waals surface area contributed by atoms with Gasteiger partial charge >= 0.3 is 0 Å². The Morgan fingerprint density at radius 1 is 1.11 bits per heavy atom. The Hall–Kier alpha value is -1.39. The van der Waals surface area contributed by atoms with Gasteiger partial charge in [-0.2, -0.15) is 0 Å². The number of halogens is 2. The van der Waals surface area contributed by atoms with Crippen LogP contribution in [0.3, 0.4) is 0 Å². The number of aliphatic hydroxyl groups is 1. The predicted molar refractivity (Wildman–Crippen MR) is 75.7 cm³/mol. The molecule has 2 nitrogen and oxygen atoms in total. The number of ether oxygens (including phenoxy) is 1. The maximum Gasteiger partial charge on any atom is 0.129 e. The normalized spacial score (nSPS) is 10.5. The summed E-state index contributed by atoms with van der Waals surface area (Å²) >= 11 is 3.30. The summed E-state index contributed by atoms with van der Waals surface area (Å²) in [5.74, 6) is 0.404. The van der Waals surface area contributed by atoms with Crippen molar-refractivity contribution in [3.63, 3.8) is 0 Å². The van der Waals surface area contributed by atoms with Crippen molar-refractivity contribution < 1.29 is 14.2 Å². The van der Waals surface area contributed by atoms with Crippen LogP contribution in [0.4, 0.5) is 4.39 Å². The maximum absolute atomic E-state index is 13.5. The third kappa shape index (κ3) is 4.04. The third-order valence-corrected chi connectivity index (χ3v) is 3.22. The SMILES string of the molecule is OCCc1ccc(OCc2cc(Br)ccc2F)cc1. The Morgan fingerprint density at radius 2 is 1.84 bits per heavy atom. The van der Waals surface area contributed by atoms with Gasteiger partial charge < -0.3 is 9.84 Å². The fourth-order valence-corrected chi connectivity index (χ4v) is 2.10. The highest BCUT2D eigenvalue weighted by atomic mass is 79.9. The lowest BCUT2D eigenvalue weighted by molar-refractivity contribution is 0.296. The monoisotopic (exact) mass is 324 g/mol. The number of hydrogen-bond donors (Lipinski definition) is 1. The van der Waals surface area contributed by atoms with Gasteiger partial charge in [0.1, 0.15) is 18.2 Å². The molecule has 0 heterocycles. The lowest BCUT2D eigenvalue weighted by atomic mass is 10.1. The van der Waals surface area contributed by atoms with Crippen molar-refractivity contribution in [1.29, 1.82) is 0 Å². The summed E-state index contributed by atoms with van der Waals surface area (Å²) in [6.45, 7) is 0.314. The highest BCUT2D eigenvalue weighted by Crippen LogP contribution is 2.19. The summed E-state index contributed by atoms with van der Waals surface area (Å²) in [7, 11) is 0. The van der Waals surface area contributed by atoms with Gasteiger partial charge in [0.25, 0.3) is 0 Å². The summed E-state index contributed by atoms with van der Waals surface area (Å²) in [6, 6.07) is 12.2. The Balaban J connectivity index is 2.00. The Morgan fingerprint density at radius 3 is 2.53 bits per heavy atom. The molecule has 4 heteroatoms. The summed E-state index contributed by atoms with van der Waals surface area (Å²) in [6.07, 6.45) is 0.626. The average Bonchev–Trinajstić information content (AvgIpc) is 2.42. The van der Waals surface area contributed by atoms with Crippen LogP contribution in [-0.4, -0.2) is 11.7 Å². The summed E-state index contributed by atoms with van der Waals surface area (Å²) < 4.78 is 19.9. The van der Waals surface area contributed by atoms with Crippen molar-refractivity contribution in [3.05, 3.63) is 63.9 Å². The van der Waals surface area contributed by atoms with E-state index in [4.69, 9.17) is 9.84 Å². The van der Waals surface area contributed by atoms with Crippen LogP contribution in [0.25, 0.3) is 0 Å². The second-order valence-corrected chi connectivity index (χ2v) is 5.06. The largest absolute Gasteiger partial charge is 0.489 e. The van der Waals surface area contributed by atoms with Gasteiger partial charge in [-0.15, -0.1) is 0 Å². The van der Waals surface area contributed by atoms with E-state index in [0.29, 0.717) is 17.7 Å². The van der Waals surface area contributed by atoms with Gasteiger partial charge in [-0.05, 0) is 42.3 Å². The molecule has 0 aliphatic rings. The molecule has 2 aromatic carbocycles. The highest BCUT2D eigenvalue weighted by Gasteiger charge is 2.04. The highest BCUT2D eigenvalue weighted by molar-refractivity contribution is 9.10. The molecule has 0 aliphatic carbocycles. The van der Waals surface area contributed by atoms with E-state index in [9.17, 15) is 4.39 Å². The predicted octanol–water partition coefficient (Wildman–Crippen LogP) is 3.70. The van der Waals surface area contributed by atoms with E-state index < -0.39 is 0 Å². The van der Waals surface area contributed by atoms with Gasteiger partial charge in [0.15, 0.2) is 0 Å². The molecule has 1 N–H and O–H groups in total. The van der Waals surface area contributed by atoms with Crippen molar-refractivity contribution >= 4 is 15.9 Å². The van der Waals surface area contributed by atoms with E-state index in [-0.39, 0.29) is 19.0 Å². The Labute approximate surface area is 120 Å². The topological polar surface area (TPSA) is 29.5 Å². The number of benzene rings is 2. The van der Waals surface area contributed by atoms with E-state index in [2.05, 4.69) is 15.9 Å². The van der Waals surface area contributed by atoms with E-state index in [0.717, 1.165) is 10.0 Å². The third-order valence-electron chi connectivity index (χ3n) is 2.73. The van der Waals surface area contributed by atoms with E-state index in [1.165, 1.54) is 6.07 Å². The quantitative estimate of drug-likeness (QED) is 0.908. The molecule has 0 unspecified atom stereocenters. The zero-order chi connectivity index (χ0) is 13.7. The summed E-state index contributed by atoms with van der Waals surface area (Å²) in [5, 5.41) is 8.82. The molecule has 0 saturated carbocycles. The molecular weight excluding hydrogens is 311 g/mol. The first-order valence-electron chi connectivity index (χ1n) is 5.95. The molecule has 100 valence electrons. The molecule has 0 aliphatic heterocycles. The fraction of sp³-hybridized carbons (Fsp3) is 0.200. The number of rotatable bonds is 5. The van der Waals surface area contributed by atoms with Crippen LogP contribution in [0.15, 0.2) is 46.9 Å². The molecule has 0 radical (unpaired) electrons. The van der Waals surface area contributed by atoms with Gasteiger partial charge in [0, 0.05) is 16.6 Å². The molecule has 2 aromatic rings. The Kier molecular flexibility index (Phi) is 4.93. The first kappa shape index (κ1) is 14.0. The van der Waals surface area contributed by atoms with Crippen LogP contribution < -0.4 is 4.74 Å². The minimum atomic E-state index is -0.278. The van der Waals surface area contributed by atoms with Gasteiger partial charge in [-0.1, -0.05) is 28.1 Å². The maximum atomic E-state index is 13.5. The van der Waals surface area contributed by atoms with E-state index in [1.54, 1.807) is 12.1 Å². The van der Waals surface area contributed by atoms with Crippen molar-refractivity contribution in [1.82, 2.24) is 0 Å². The first-order valence-corrected chi connectivity index (χ1v) is 6.75. The standard InChI is InChI=1S/C15H14BrFO2/c16-13-3-6-15(17)12(9-13)10-19-14-4-1-11(2-5-14)7-8-18/h1-6,9,18H,7-8,10H2. The van der Waals surface area contributed by atoms with Gasteiger partial charge in [-0.25, -0.2) is 4.39 Å². The molecule has 0 atom stereocenters. The average molecular weight is 325 g/mol. The van der Waals surface area contributed by atoms with Crippen LogP contribution >= 0.6 is 15.9 Å². The van der Waals surface area contributed by atoms with E-state index in [1.807, 2.05) is 24.3 Å². The minimum absolute atomic E-state index is 0.128. The van der Waals surface area contributed by atoms with Crippen LogP contribution in [0.2, 0.25) is 0 Å². The van der Waals surface area contributed by atoms with Crippen molar-refractivity contribution in [3.8, 4) is 5.75 Å². The first-order chi connectivity index (χ1) is 9.19. The second kappa shape index (κ2) is 6.68. The Bertz CT molecular complexity index is 540. The molecule has 0 aromatic heterocycles. The zero-order valence-electron chi connectivity index (χ0n) is 10.3. The van der Waals surface area contributed by atoms with Crippen LogP contribution in [0, 0.1) is 5.82 Å². The van der Waals surface area contributed by atoms with Crippen molar-refractivity contribution in [2.75, 3.05) is 6.61 Å². The van der Waals surface area contributed by atoms with E-state index >= 15 is 0 Å². The molecule has 0 bridgehead atoms. The van der Waals surface area contributed by atoms with Gasteiger partial charge in [-0.3, -0.25) is 0 Å². The molecule has 19 heavy (non-hydrogen) atoms. The minimum Gasteiger partial charge on any atom is -0.489 e. The molecule has 0 spiro atoms.